The Hall–Kier alpha value is -3.42. The van der Waals surface area contributed by atoms with Crippen molar-refractivity contribution in [2.24, 2.45) is 5.92 Å². The van der Waals surface area contributed by atoms with E-state index in [1.54, 1.807) is 4.57 Å². The lowest BCUT2D eigenvalue weighted by molar-refractivity contribution is -0.164. The van der Waals surface area contributed by atoms with Gasteiger partial charge in [-0.15, -0.1) is 0 Å². The predicted molar refractivity (Wildman–Crippen MR) is 130 cm³/mol. The molecule has 0 saturated heterocycles. The maximum atomic E-state index is 13.1. The number of hydrogen-bond acceptors (Lipinski definition) is 5. The third-order valence-corrected chi connectivity index (χ3v) is 6.11. The van der Waals surface area contributed by atoms with E-state index in [1.165, 1.54) is 6.92 Å². The number of anilines is 1. The molecule has 0 fully saturated rings. The van der Waals surface area contributed by atoms with E-state index in [0.29, 0.717) is 25.1 Å². The quantitative estimate of drug-likeness (QED) is 0.507. The summed E-state index contributed by atoms with van der Waals surface area (Å²) in [5.74, 6) is -0.678. The average molecular weight is 463 g/mol. The van der Waals surface area contributed by atoms with Gasteiger partial charge in [0, 0.05) is 49.2 Å². The second kappa shape index (κ2) is 10.7. The number of aliphatic hydroxyl groups is 1. The normalized spacial score (nSPS) is 20.0. The van der Waals surface area contributed by atoms with E-state index >= 15 is 0 Å². The van der Waals surface area contributed by atoms with Gasteiger partial charge in [-0.2, -0.15) is 0 Å². The van der Waals surface area contributed by atoms with Crippen LogP contribution in [-0.2, 0) is 14.3 Å². The highest BCUT2D eigenvalue weighted by molar-refractivity contribution is 6.02. The number of aromatic nitrogens is 1. The fourth-order valence-electron chi connectivity index (χ4n) is 4.57. The molecule has 7 heteroatoms. The number of benzene rings is 2. The van der Waals surface area contributed by atoms with E-state index in [4.69, 9.17) is 9.47 Å². The lowest BCUT2D eigenvalue weighted by atomic mass is 9.80. The van der Waals surface area contributed by atoms with Crippen LogP contribution in [0.25, 0.3) is 10.9 Å². The summed E-state index contributed by atoms with van der Waals surface area (Å²) in [5, 5.41) is 13.3. The van der Waals surface area contributed by atoms with E-state index in [-0.39, 0.29) is 36.0 Å². The molecular formula is C27H30N2O5. The lowest BCUT2D eigenvalue weighted by Crippen LogP contribution is -2.37. The lowest BCUT2D eigenvalue weighted by Gasteiger charge is -2.36. The molecule has 2 heterocycles. The largest absolute Gasteiger partial charge is 0.459 e. The predicted octanol–water partition coefficient (Wildman–Crippen LogP) is 4.69. The highest BCUT2D eigenvalue weighted by atomic mass is 16.7. The Balaban J connectivity index is 1.80. The molecule has 3 aromatic rings. The zero-order chi connectivity index (χ0) is 24.1. The second-order valence-electron chi connectivity index (χ2n) is 8.34. The van der Waals surface area contributed by atoms with Gasteiger partial charge in [0.2, 0.25) is 12.2 Å². The fourth-order valence-corrected chi connectivity index (χ4v) is 4.57. The summed E-state index contributed by atoms with van der Waals surface area (Å²) in [4.78, 5) is 25.5. The summed E-state index contributed by atoms with van der Waals surface area (Å²) < 4.78 is 13.6. The van der Waals surface area contributed by atoms with Crippen LogP contribution in [-0.4, -0.2) is 41.0 Å². The van der Waals surface area contributed by atoms with Crippen molar-refractivity contribution in [3.8, 4) is 0 Å². The van der Waals surface area contributed by atoms with Crippen LogP contribution in [0, 0.1) is 5.92 Å². The smallest absolute Gasteiger partial charge is 0.290 e. The number of ether oxygens (including phenoxy) is 2. The number of amides is 1. The molecule has 4 rings (SSSR count). The highest BCUT2D eigenvalue weighted by Gasteiger charge is 2.39. The number of fused-ring (bicyclic) bond motifs is 1. The standard InChI is InChI=1S/C27H30N2O5/c1-3-33-27-21(13-9-15-30)22(16-25(34-27)26(32)28-19-10-5-4-6-11-19)23-17-29(18(2)31)24-14-8-7-12-20(23)24/h4-8,10-12,14,16-17,21-22,27,30H,3,9,13,15H2,1-2H3,(H,28,32)/t21-,22+,27-/m1/s1. The Morgan fingerprint density at radius 2 is 1.85 bits per heavy atom. The summed E-state index contributed by atoms with van der Waals surface area (Å²) in [7, 11) is 0. The molecule has 34 heavy (non-hydrogen) atoms. The minimum absolute atomic E-state index is 0.0440. The number of hydrogen-bond donors (Lipinski definition) is 2. The fraction of sp³-hybridized carbons (Fsp3) is 0.333. The summed E-state index contributed by atoms with van der Waals surface area (Å²) in [6, 6.07) is 16.9. The van der Waals surface area contributed by atoms with Crippen LogP contribution in [0.1, 0.15) is 43.0 Å². The SMILES string of the molecule is CCO[C@@H]1OC(C(=O)Nc2ccccc2)=C[C@H](c2cn(C(C)=O)c3ccccc23)[C@H]1CCCO. The second-order valence-corrected chi connectivity index (χ2v) is 8.34. The maximum Gasteiger partial charge on any atom is 0.290 e. The molecule has 3 atom stereocenters. The van der Waals surface area contributed by atoms with Crippen molar-refractivity contribution >= 4 is 28.4 Å². The number of nitrogens with one attached hydrogen (secondary N) is 1. The van der Waals surface area contributed by atoms with Gasteiger partial charge in [0.1, 0.15) is 0 Å². The zero-order valence-electron chi connectivity index (χ0n) is 19.4. The van der Waals surface area contributed by atoms with E-state index in [1.807, 2.05) is 73.8 Å². The first-order valence-electron chi connectivity index (χ1n) is 11.6. The Bertz CT molecular complexity index is 1180. The molecule has 2 aromatic carbocycles. The number of nitrogens with zero attached hydrogens (tertiary/aromatic N) is 1. The minimum atomic E-state index is -0.664. The Kier molecular flexibility index (Phi) is 7.45. The van der Waals surface area contributed by atoms with E-state index in [2.05, 4.69) is 5.32 Å². The van der Waals surface area contributed by atoms with Crippen LogP contribution in [0.4, 0.5) is 5.69 Å². The average Bonchev–Trinajstić information content (AvgIpc) is 3.23. The van der Waals surface area contributed by atoms with E-state index in [9.17, 15) is 14.7 Å². The first-order valence-corrected chi connectivity index (χ1v) is 11.6. The minimum Gasteiger partial charge on any atom is -0.459 e. The number of carbonyl (C=O) groups excluding carboxylic acids is 2. The number of carbonyl (C=O) groups is 2. The summed E-state index contributed by atoms with van der Waals surface area (Å²) in [5.41, 5.74) is 2.40. The van der Waals surface area contributed by atoms with Crippen LogP contribution >= 0.6 is 0 Å². The van der Waals surface area contributed by atoms with Crippen molar-refractivity contribution in [2.75, 3.05) is 18.5 Å². The summed E-state index contributed by atoms with van der Waals surface area (Å²) >= 11 is 0. The topological polar surface area (TPSA) is 89.8 Å². The molecule has 1 aliphatic rings. The Morgan fingerprint density at radius 1 is 1.12 bits per heavy atom. The Labute approximate surface area is 199 Å². The molecule has 0 saturated carbocycles. The van der Waals surface area contributed by atoms with Gasteiger partial charge in [0.05, 0.1) is 5.52 Å². The molecule has 2 N–H and O–H groups in total. The number of aliphatic hydroxyl groups excluding tert-OH is 1. The Morgan fingerprint density at radius 3 is 2.56 bits per heavy atom. The molecule has 0 unspecified atom stereocenters. The van der Waals surface area contributed by atoms with Crippen molar-refractivity contribution in [1.82, 2.24) is 4.57 Å². The number of para-hydroxylation sites is 2. The molecule has 1 aliphatic heterocycles. The third kappa shape index (κ3) is 4.90. The van der Waals surface area contributed by atoms with Gasteiger partial charge in [-0.1, -0.05) is 36.4 Å². The van der Waals surface area contributed by atoms with E-state index in [0.717, 1.165) is 16.5 Å². The van der Waals surface area contributed by atoms with Crippen molar-refractivity contribution in [2.45, 2.75) is 38.9 Å². The van der Waals surface area contributed by atoms with Gasteiger partial charge in [0.25, 0.3) is 5.91 Å². The first-order chi connectivity index (χ1) is 16.5. The highest BCUT2D eigenvalue weighted by Crippen LogP contribution is 2.42. The number of rotatable bonds is 8. The molecule has 0 radical (unpaired) electrons. The van der Waals surface area contributed by atoms with Gasteiger partial charge in [-0.05, 0) is 49.6 Å². The molecule has 0 spiro atoms. The van der Waals surface area contributed by atoms with Gasteiger partial charge in [-0.25, -0.2) is 0 Å². The van der Waals surface area contributed by atoms with Gasteiger partial charge in [-0.3, -0.25) is 14.2 Å². The molecule has 1 aromatic heterocycles. The van der Waals surface area contributed by atoms with Crippen LogP contribution < -0.4 is 5.32 Å². The monoisotopic (exact) mass is 462 g/mol. The molecule has 0 aliphatic carbocycles. The molecule has 7 nitrogen and oxygen atoms in total. The van der Waals surface area contributed by atoms with Crippen LogP contribution in [0.15, 0.2) is 72.6 Å². The van der Waals surface area contributed by atoms with E-state index < -0.39 is 6.29 Å². The molecular weight excluding hydrogens is 432 g/mol. The van der Waals surface area contributed by atoms with Crippen molar-refractivity contribution in [1.29, 1.82) is 0 Å². The molecule has 178 valence electrons. The van der Waals surface area contributed by atoms with Gasteiger partial charge in [0.15, 0.2) is 5.76 Å². The van der Waals surface area contributed by atoms with Crippen LogP contribution in [0.2, 0.25) is 0 Å². The van der Waals surface area contributed by atoms with Crippen molar-refractivity contribution < 1.29 is 24.2 Å². The maximum absolute atomic E-state index is 13.1. The van der Waals surface area contributed by atoms with Crippen molar-refractivity contribution in [3.05, 3.63) is 78.2 Å². The molecule has 1 amide bonds. The van der Waals surface area contributed by atoms with Crippen LogP contribution in [0.5, 0.6) is 0 Å². The number of allylic oxidation sites excluding steroid dienone is 1. The summed E-state index contributed by atoms with van der Waals surface area (Å²) in [6.07, 6.45) is 4.21. The van der Waals surface area contributed by atoms with Crippen molar-refractivity contribution in [3.63, 3.8) is 0 Å². The summed E-state index contributed by atoms with van der Waals surface area (Å²) in [6.45, 7) is 3.87. The molecule has 0 bridgehead atoms. The first kappa shape index (κ1) is 23.7. The van der Waals surface area contributed by atoms with Gasteiger partial charge >= 0.3 is 0 Å². The third-order valence-electron chi connectivity index (χ3n) is 6.11. The van der Waals surface area contributed by atoms with Gasteiger partial charge < -0.3 is 19.9 Å². The van der Waals surface area contributed by atoms with Crippen LogP contribution in [0.3, 0.4) is 0 Å². The zero-order valence-corrected chi connectivity index (χ0v) is 19.4.